The van der Waals surface area contributed by atoms with Gasteiger partial charge in [0.2, 0.25) is 0 Å². The Morgan fingerprint density at radius 3 is 2.36 bits per heavy atom. The van der Waals surface area contributed by atoms with Crippen LogP contribution in [0, 0.1) is 6.92 Å². The van der Waals surface area contributed by atoms with E-state index in [4.69, 9.17) is 34.8 Å². The fourth-order valence-electron chi connectivity index (χ4n) is 2.23. The molecule has 0 atom stereocenters. The fourth-order valence-corrected chi connectivity index (χ4v) is 4.70. The normalized spacial score (nSPS) is 12.0. The molecule has 0 fully saturated rings. The number of benzene rings is 2. The highest BCUT2D eigenvalue weighted by atomic mass is 35.5. The van der Waals surface area contributed by atoms with E-state index in [9.17, 15) is 8.42 Å². The Hall–Kier alpha value is -1.27. The predicted octanol–water partition coefficient (Wildman–Crippen LogP) is 4.54. The lowest BCUT2D eigenvalue weighted by Gasteiger charge is -2.11. The topological polar surface area (TPSA) is 52.0 Å². The molecular formula is C14H9Cl3N2O2S. The van der Waals surface area contributed by atoms with Crippen molar-refractivity contribution in [3.8, 4) is 0 Å². The first-order valence-electron chi connectivity index (χ1n) is 6.16. The van der Waals surface area contributed by atoms with Crippen LogP contribution in [0.15, 0.2) is 41.3 Å². The summed E-state index contributed by atoms with van der Waals surface area (Å²) in [5.41, 5.74) is 1.06. The van der Waals surface area contributed by atoms with E-state index in [1.807, 2.05) is 0 Å². The molecule has 0 aliphatic heterocycles. The predicted molar refractivity (Wildman–Crippen MR) is 88.5 cm³/mol. The molecule has 114 valence electrons. The first kappa shape index (κ1) is 15.6. The second-order valence-corrected chi connectivity index (χ2v) is 7.59. The number of aromatic nitrogens is 2. The minimum Gasteiger partial charge on any atom is -0.232 e. The van der Waals surface area contributed by atoms with Crippen molar-refractivity contribution in [3.05, 3.63) is 57.3 Å². The summed E-state index contributed by atoms with van der Waals surface area (Å²) in [4.78, 5) is 4.14. The van der Waals surface area contributed by atoms with E-state index in [1.54, 1.807) is 31.2 Å². The Balaban J connectivity index is 2.34. The molecule has 0 spiro atoms. The molecule has 1 heterocycles. The summed E-state index contributed by atoms with van der Waals surface area (Å²) < 4.78 is 27.0. The molecule has 0 saturated carbocycles. The lowest BCUT2D eigenvalue weighted by atomic mass is 10.3. The van der Waals surface area contributed by atoms with Crippen LogP contribution in [0.3, 0.4) is 0 Å². The summed E-state index contributed by atoms with van der Waals surface area (Å²) in [6, 6.07) is 9.51. The largest absolute Gasteiger partial charge is 0.271 e. The highest BCUT2D eigenvalue weighted by Gasteiger charge is 2.25. The zero-order valence-electron chi connectivity index (χ0n) is 11.2. The Bertz CT molecular complexity index is 997. The van der Waals surface area contributed by atoms with Gasteiger partial charge >= 0.3 is 0 Å². The number of imidazole rings is 1. The van der Waals surface area contributed by atoms with Crippen molar-refractivity contribution < 1.29 is 8.42 Å². The van der Waals surface area contributed by atoms with E-state index in [1.165, 1.54) is 12.1 Å². The Morgan fingerprint density at radius 1 is 1.00 bits per heavy atom. The number of halogens is 3. The van der Waals surface area contributed by atoms with Crippen molar-refractivity contribution in [2.24, 2.45) is 0 Å². The summed E-state index contributed by atoms with van der Waals surface area (Å²) >= 11 is 17.8. The zero-order valence-corrected chi connectivity index (χ0v) is 14.3. The quantitative estimate of drug-likeness (QED) is 0.618. The lowest BCUT2D eigenvalue weighted by Crippen LogP contribution is -2.15. The van der Waals surface area contributed by atoms with Gasteiger partial charge in [-0.1, -0.05) is 46.9 Å². The summed E-state index contributed by atoms with van der Waals surface area (Å²) in [6.07, 6.45) is 0. The van der Waals surface area contributed by atoms with Crippen LogP contribution in [0.5, 0.6) is 0 Å². The molecule has 0 aliphatic carbocycles. The molecule has 3 rings (SSSR count). The number of para-hydroxylation sites is 2. The van der Waals surface area contributed by atoms with E-state index in [2.05, 4.69) is 4.98 Å². The smallest absolute Gasteiger partial charge is 0.232 e. The van der Waals surface area contributed by atoms with Crippen LogP contribution in [0.2, 0.25) is 15.1 Å². The molecule has 0 unspecified atom stereocenters. The van der Waals surface area contributed by atoms with Crippen LogP contribution in [0.25, 0.3) is 11.0 Å². The second-order valence-electron chi connectivity index (χ2n) is 4.61. The molecular weight excluding hydrogens is 367 g/mol. The Morgan fingerprint density at radius 2 is 1.64 bits per heavy atom. The van der Waals surface area contributed by atoms with Crippen molar-refractivity contribution in [1.82, 2.24) is 8.96 Å². The van der Waals surface area contributed by atoms with Gasteiger partial charge in [0.1, 0.15) is 10.7 Å². The third-order valence-electron chi connectivity index (χ3n) is 3.17. The van der Waals surface area contributed by atoms with Crippen LogP contribution in [0.4, 0.5) is 0 Å². The first-order valence-corrected chi connectivity index (χ1v) is 8.74. The van der Waals surface area contributed by atoms with Crippen molar-refractivity contribution in [1.29, 1.82) is 0 Å². The van der Waals surface area contributed by atoms with Gasteiger partial charge in [-0.3, -0.25) is 0 Å². The average Bonchev–Trinajstić information content (AvgIpc) is 2.79. The standard InChI is InChI=1S/C14H9Cl3N2O2S/c1-8-18-12-4-2-3-5-13(12)19(8)22(20,21)14-7-10(16)9(15)6-11(14)17/h2-7H,1H3. The maximum atomic E-state index is 13.0. The Labute approximate surface area is 142 Å². The van der Waals surface area contributed by atoms with Crippen LogP contribution < -0.4 is 0 Å². The molecule has 0 N–H and O–H groups in total. The Kier molecular flexibility index (Phi) is 3.85. The molecule has 0 bridgehead atoms. The highest BCUT2D eigenvalue weighted by Crippen LogP contribution is 2.34. The SMILES string of the molecule is Cc1nc2ccccc2n1S(=O)(=O)c1cc(Cl)c(Cl)cc1Cl. The van der Waals surface area contributed by atoms with Gasteiger partial charge in [-0.2, -0.15) is 0 Å². The van der Waals surface area contributed by atoms with Crippen LogP contribution >= 0.6 is 34.8 Å². The summed E-state index contributed by atoms with van der Waals surface area (Å²) in [5, 5.41) is 0.316. The van der Waals surface area contributed by atoms with Gasteiger partial charge in [0.25, 0.3) is 10.0 Å². The van der Waals surface area contributed by atoms with Gasteiger partial charge in [-0.05, 0) is 31.2 Å². The maximum Gasteiger partial charge on any atom is 0.271 e. The van der Waals surface area contributed by atoms with Gasteiger partial charge in [-0.15, -0.1) is 0 Å². The molecule has 0 radical (unpaired) electrons. The van der Waals surface area contributed by atoms with E-state index >= 15 is 0 Å². The monoisotopic (exact) mass is 374 g/mol. The molecule has 8 heteroatoms. The second kappa shape index (κ2) is 5.42. The molecule has 0 amide bonds. The summed E-state index contributed by atoms with van der Waals surface area (Å²) in [6.45, 7) is 1.61. The van der Waals surface area contributed by atoms with Gasteiger partial charge in [0.05, 0.1) is 26.1 Å². The van der Waals surface area contributed by atoms with Gasteiger partial charge in [0, 0.05) is 0 Å². The van der Waals surface area contributed by atoms with Gasteiger partial charge in [-0.25, -0.2) is 17.4 Å². The van der Waals surface area contributed by atoms with Crippen LogP contribution in [-0.4, -0.2) is 17.4 Å². The summed E-state index contributed by atoms with van der Waals surface area (Å²) in [5.74, 6) is 0.336. The molecule has 0 aliphatic rings. The summed E-state index contributed by atoms with van der Waals surface area (Å²) in [7, 11) is -3.94. The number of rotatable bonds is 2. The van der Waals surface area contributed by atoms with Crippen LogP contribution in [0.1, 0.15) is 5.82 Å². The third kappa shape index (κ3) is 2.38. The van der Waals surface area contributed by atoms with E-state index in [0.717, 1.165) is 3.97 Å². The van der Waals surface area contributed by atoms with Gasteiger partial charge in [0.15, 0.2) is 0 Å². The number of hydrogen-bond donors (Lipinski definition) is 0. The number of fused-ring (bicyclic) bond motifs is 1. The maximum absolute atomic E-state index is 13.0. The minimum atomic E-state index is -3.94. The molecule has 0 saturated heterocycles. The molecule has 4 nitrogen and oxygen atoms in total. The van der Waals surface area contributed by atoms with E-state index in [0.29, 0.717) is 16.9 Å². The van der Waals surface area contributed by atoms with Crippen molar-refractivity contribution in [2.45, 2.75) is 11.8 Å². The highest BCUT2D eigenvalue weighted by molar-refractivity contribution is 7.90. The number of aryl methyl sites for hydroxylation is 1. The molecule has 2 aromatic carbocycles. The first-order chi connectivity index (χ1) is 10.3. The van der Waals surface area contributed by atoms with Crippen molar-refractivity contribution >= 4 is 55.9 Å². The van der Waals surface area contributed by atoms with Crippen molar-refractivity contribution in [3.63, 3.8) is 0 Å². The van der Waals surface area contributed by atoms with E-state index < -0.39 is 10.0 Å². The van der Waals surface area contributed by atoms with Gasteiger partial charge < -0.3 is 0 Å². The van der Waals surface area contributed by atoms with Crippen LogP contribution in [-0.2, 0) is 10.0 Å². The molecule has 1 aromatic heterocycles. The lowest BCUT2D eigenvalue weighted by molar-refractivity contribution is 0.587. The third-order valence-corrected chi connectivity index (χ3v) is 6.15. The average molecular weight is 376 g/mol. The minimum absolute atomic E-state index is 0.00609. The zero-order chi connectivity index (χ0) is 16.1. The number of hydrogen-bond acceptors (Lipinski definition) is 3. The molecule has 3 aromatic rings. The van der Waals surface area contributed by atoms with E-state index in [-0.39, 0.29) is 20.0 Å². The number of nitrogens with zero attached hydrogens (tertiary/aromatic N) is 2. The fraction of sp³-hybridized carbons (Fsp3) is 0.0714. The molecule has 22 heavy (non-hydrogen) atoms. The van der Waals surface area contributed by atoms with Crippen molar-refractivity contribution in [2.75, 3.05) is 0 Å².